The van der Waals surface area contributed by atoms with E-state index in [4.69, 9.17) is 11.6 Å². The molecule has 1 aliphatic heterocycles. The summed E-state index contributed by atoms with van der Waals surface area (Å²) in [6.45, 7) is 2.06. The first-order chi connectivity index (χ1) is 8.38. The van der Waals surface area contributed by atoms with E-state index in [1.807, 2.05) is 23.7 Å². The zero-order valence-electron chi connectivity index (χ0n) is 9.40. The van der Waals surface area contributed by atoms with Crippen LogP contribution in [0.5, 0.6) is 0 Å². The molecule has 0 atom stereocenters. The molecule has 0 saturated heterocycles. The predicted octanol–water partition coefficient (Wildman–Crippen LogP) is 3.44. The van der Waals surface area contributed by atoms with Gasteiger partial charge in [-0.2, -0.15) is 0 Å². The van der Waals surface area contributed by atoms with E-state index in [-0.39, 0.29) is 0 Å². The largest absolute Gasteiger partial charge is 0.366 e. The van der Waals surface area contributed by atoms with E-state index in [2.05, 4.69) is 27.4 Å². The fourth-order valence-electron chi connectivity index (χ4n) is 2.29. The van der Waals surface area contributed by atoms with Gasteiger partial charge < -0.3 is 4.90 Å². The van der Waals surface area contributed by atoms with Crippen molar-refractivity contribution in [2.75, 3.05) is 11.4 Å². The van der Waals surface area contributed by atoms with E-state index >= 15 is 0 Å². The van der Waals surface area contributed by atoms with Gasteiger partial charge in [0.25, 0.3) is 0 Å². The Hall–Kier alpha value is -1.06. The predicted molar refractivity (Wildman–Crippen MR) is 72.9 cm³/mol. The number of hydrogen-bond donors (Lipinski definition) is 0. The van der Waals surface area contributed by atoms with Gasteiger partial charge in [0.1, 0.15) is 0 Å². The molecule has 3 rings (SSSR count). The van der Waals surface area contributed by atoms with Crippen LogP contribution in [0.25, 0.3) is 0 Å². The summed E-state index contributed by atoms with van der Waals surface area (Å²) in [4.78, 5) is 8.06. The van der Waals surface area contributed by atoms with Gasteiger partial charge in [0.2, 0.25) is 0 Å². The normalized spacial score (nSPS) is 14.8. The molecule has 0 fully saturated rings. The number of hydrogen-bond acceptors (Lipinski definition) is 3. The second-order valence-corrected chi connectivity index (χ2v) is 5.45. The van der Waals surface area contributed by atoms with Crippen molar-refractivity contribution in [1.29, 1.82) is 0 Å². The maximum atomic E-state index is 5.97. The van der Waals surface area contributed by atoms with Crippen LogP contribution in [0, 0.1) is 0 Å². The Kier molecular flexibility index (Phi) is 3.04. The smallest absolute Gasteiger partial charge is 0.0509 e. The summed E-state index contributed by atoms with van der Waals surface area (Å²) in [7, 11) is 0. The van der Waals surface area contributed by atoms with Gasteiger partial charge in [-0.25, -0.2) is 0 Å². The Morgan fingerprint density at radius 1 is 1.41 bits per heavy atom. The van der Waals surface area contributed by atoms with Gasteiger partial charge in [0.15, 0.2) is 0 Å². The van der Waals surface area contributed by atoms with Crippen molar-refractivity contribution in [3.8, 4) is 0 Å². The summed E-state index contributed by atoms with van der Waals surface area (Å²) in [6, 6.07) is 4.29. The van der Waals surface area contributed by atoms with E-state index in [1.165, 1.54) is 16.1 Å². The molecule has 0 spiro atoms. The molecule has 0 radical (unpaired) electrons. The van der Waals surface area contributed by atoms with Crippen LogP contribution in [-0.2, 0) is 18.8 Å². The van der Waals surface area contributed by atoms with Gasteiger partial charge in [-0.3, -0.25) is 4.98 Å². The van der Waals surface area contributed by atoms with Gasteiger partial charge >= 0.3 is 0 Å². The molecule has 0 aliphatic carbocycles. The number of nitrogens with zero attached hydrogens (tertiary/aromatic N) is 2. The molecule has 0 unspecified atom stereocenters. The van der Waals surface area contributed by atoms with Crippen molar-refractivity contribution in [1.82, 2.24) is 4.98 Å². The molecule has 2 aromatic heterocycles. The van der Waals surface area contributed by atoms with Crippen LogP contribution in [-0.4, -0.2) is 11.5 Å². The minimum atomic E-state index is 0.524. The van der Waals surface area contributed by atoms with Crippen molar-refractivity contribution in [3.63, 3.8) is 0 Å². The summed E-state index contributed by atoms with van der Waals surface area (Å²) in [5.41, 5.74) is 3.80. The number of anilines is 1. The Morgan fingerprint density at radius 2 is 2.35 bits per heavy atom. The lowest BCUT2D eigenvalue weighted by Crippen LogP contribution is -2.30. The molecule has 88 valence electrons. The second kappa shape index (κ2) is 4.67. The maximum absolute atomic E-state index is 5.97. The third-order valence-electron chi connectivity index (χ3n) is 3.17. The number of alkyl halides is 1. The average molecular weight is 265 g/mol. The van der Waals surface area contributed by atoms with Gasteiger partial charge in [-0.15, -0.1) is 22.9 Å². The summed E-state index contributed by atoms with van der Waals surface area (Å²) in [6.07, 6.45) is 4.84. The summed E-state index contributed by atoms with van der Waals surface area (Å²) >= 11 is 7.83. The average Bonchev–Trinajstić information content (AvgIpc) is 2.85. The lowest BCUT2D eigenvalue weighted by atomic mass is 10.1. The molecular formula is C13H13ClN2S. The Bertz CT molecular complexity index is 524. The second-order valence-electron chi connectivity index (χ2n) is 4.18. The van der Waals surface area contributed by atoms with Crippen molar-refractivity contribution in [2.24, 2.45) is 0 Å². The quantitative estimate of drug-likeness (QED) is 0.773. The van der Waals surface area contributed by atoms with Crippen molar-refractivity contribution in [3.05, 3.63) is 45.9 Å². The Labute approximate surface area is 110 Å². The molecule has 0 bridgehead atoms. The molecule has 0 aromatic carbocycles. The van der Waals surface area contributed by atoms with Crippen LogP contribution < -0.4 is 4.90 Å². The van der Waals surface area contributed by atoms with Crippen molar-refractivity contribution in [2.45, 2.75) is 18.8 Å². The van der Waals surface area contributed by atoms with E-state index in [0.717, 1.165) is 25.1 Å². The van der Waals surface area contributed by atoms with Crippen LogP contribution in [0.3, 0.4) is 0 Å². The van der Waals surface area contributed by atoms with Crippen LogP contribution in [0.4, 0.5) is 5.69 Å². The van der Waals surface area contributed by atoms with E-state index < -0.39 is 0 Å². The minimum absolute atomic E-state index is 0.524. The molecule has 0 saturated carbocycles. The molecule has 2 aromatic rings. The zero-order valence-corrected chi connectivity index (χ0v) is 11.0. The van der Waals surface area contributed by atoms with Gasteiger partial charge in [0, 0.05) is 41.6 Å². The molecule has 17 heavy (non-hydrogen) atoms. The monoisotopic (exact) mass is 264 g/mol. The fraction of sp³-hybridized carbons (Fsp3) is 0.308. The molecule has 0 N–H and O–H groups in total. The van der Waals surface area contributed by atoms with Crippen LogP contribution in [0.1, 0.15) is 16.0 Å². The minimum Gasteiger partial charge on any atom is -0.366 e. The number of pyridine rings is 1. The Morgan fingerprint density at radius 3 is 3.24 bits per heavy atom. The molecular weight excluding hydrogens is 252 g/mol. The topological polar surface area (TPSA) is 16.1 Å². The highest BCUT2D eigenvalue weighted by atomic mass is 35.5. The van der Waals surface area contributed by atoms with E-state index in [0.29, 0.717) is 5.88 Å². The number of rotatable bonds is 2. The molecule has 0 amide bonds. The SMILES string of the molecule is ClCc1cnccc1N1CCc2sccc2C1. The Balaban J connectivity index is 1.91. The lowest BCUT2D eigenvalue weighted by molar-refractivity contribution is 0.740. The lowest BCUT2D eigenvalue weighted by Gasteiger charge is -2.30. The summed E-state index contributed by atoms with van der Waals surface area (Å²) < 4.78 is 0. The highest BCUT2D eigenvalue weighted by Crippen LogP contribution is 2.29. The highest BCUT2D eigenvalue weighted by molar-refractivity contribution is 7.10. The standard InChI is InChI=1S/C13H13ClN2S/c14-7-11-8-15-4-1-12(11)16-5-2-13-10(9-16)3-6-17-13/h1,3-4,6,8H,2,5,7,9H2. The van der Waals surface area contributed by atoms with Crippen molar-refractivity contribution >= 4 is 28.6 Å². The first kappa shape index (κ1) is 11.1. The summed E-state index contributed by atoms with van der Waals surface area (Å²) in [5, 5.41) is 2.18. The van der Waals surface area contributed by atoms with E-state index in [1.54, 1.807) is 0 Å². The first-order valence-corrected chi connectivity index (χ1v) is 7.09. The third kappa shape index (κ3) is 2.05. The molecule has 1 aliphatic rings. The van der Waals surface area contributed by atoms with Gasteiger partial charge in [0.05, 0.1) is 5.88 Å². The number of halogens is 1. The first-order valence-electron chi connectivity index (χ1n) is 5.67. The highest BCUT2D eigenvalue weighted by Gasteiger charge is 2.19. The van der Waals surface area contributed by atoms with E-state index in [9.17, 15) is 0 Å². The van der Waals surface area contributed by atoms with Crippen molar-refractivity contribution < 1.29 is 0 Å². The maximum Gasteiger partial charge on any atom is 0.0509 e. The van der Waals surface area contributed by atoms with Gasteiger partial charge in [-0.05, 0) is 29.5 Å². The number of thiophene rings is 1. The van der Waals surface area contributed by atoms with Crippen LogP contribution >= 0.6 is 22.9 Å². The molecule has 4 heteroatoms. The molecule has 3 heterocycles. The zero-order chi connectivity index (χ0) is 11.7. The number of fused-ring (bicyclic) bond motifs is 1. The van der Waals surface area contributed by atoms with Crippen LogP contribution in [0.2, 0.25) is 0 Å². The van der Waals surface area contributed by atoms with Gasteiger partial charge in [-0.1, -0.05) is 0 Å². The molecule has 2 nitrogen and oxygen atoms in total. The third-order valence-corrected chi connectivity index (χ3v) is 4.48. The number of aromatic nitrogens is 1. The summed E-state index contributed by atoms with van der Waals surface area (Å²) in [5.74, 6) is 0.524. The fourth-order valence-corrected chi connectivity index (χ4v) is 3.38. The van der Waals surface area contributed by atoms with Crippen LogP contribution in [0.15, 0.2) is 29.9 Å².